The number of rotatable bonds is 4. The molecule has 1 atom stereocenters. The molecule has 0 bridgehead atoms. The number of thiophene rings is 1. The normalized spacial score (nSPS) is 11.8. The molecule has 0 radical (unpaired) electrons. The molecule has 0 aliphatic carbocycles. The number of anilines is 1. The fraction of sp³-hybridized carbons (Fsp3) is 0.400. The molecule has 1 aromatic rings. The Labute approximate surface area is 87.6 Å². The van der Waals surface area contributed by atoms with Gasteiger partial charge in [-0.3, -0.25) is 4.79 Å². The molecule has 0 N–H and O–H groups in total. The first-order valence-corrected chi connectivity index (χ1v) is 5.14. The number of carbonyl (C=O) groups is 1. The maximum atomic E-state index is 10.5. The summed E-state index contributed by atoms with van der Waals surface area (Å²) < 4.78 is 0. The van der Waals surface area contributed by atoms with Gasteiger partial charge in [-0.15, -0.1) is 11.3 Å². The molecule has 3 nitrogen and oxygen atoms in total. The molecule has 0 aliphatic heterocycles. The van der Waals surface area contributed by atoms with Crippen LogP contribution in [0.1, 0.15) is 16.6 Å². The van der Waals surface area contributed by atoms with E-state index in [0.717, 1.165) is 16.2 Å². The summed E-state index contributed by atoms with van der Waals surface area (Å²) in [5, 5.41) is 9.67. The van der Waals surface area contributed by atoms with Gasteiger partial charge in [-0.05, 0) is 19.1 Å². The zero-order valence-electron chi connectivity index (χ0n) is 8.23. The second kappa shape index (κ2) is 4.77. The molecule has 4 heteroatoms. The number of nitriles is 1. The highest BCUT2D eigenvalue weighted by Crippen LogP contribution is 2.24. The molecule has 0 saturated carbocycles. The number of hydrogen-bond donors (Lipinski definition) is 0. The van der Waals surface area contributed by atoms with Gasteiger partial charge < -0.3 is 4.90 Å². The number of carbonyl (C=O) groups excluding carboxylic acids is 1. The fourth-order valence-corrected chi connectivity index (χ4v) is 1.94. The molecule has 14 heavy (non-hydrogen) atoms. The Balaban J connectivity index is 2.65. The summed E-state index contributed by atoms with van der Waals surface area (Å²) in [6, 6.07) is 5.87. The average molecular weight is 208 g/mol. The van der Waals surface area contributed by atoms with Crippen LogP contribution in [-0.2, 0) is 0 Å². The van der Waals surface area contributed by atoms with E-state index in [9.17, 15) is 4.79 Å². The van der Waals surface area contributed by atoms with Gasteiger partial charge >= 0.3 is 0 Å². The lowest BCUT2D eigenvalue weighted by molar-refractivity contribution is 0.112. The van der Waals surface area contributed by atoms with Crippen LogP contribution in [0.15, 0.2) is 12.1 Å². The molecule has 0 aromatic carbocycles. The van der Waals surface area contributed by atoms with Crippen LogP contribution >= 0.6 is 11.3 Å². The van der Waals surface area contributed by atoms with Crippen molar-refractivity contribution in [3.8, 4) is 6.07 Å². The van der Waals surface area contributed by atoms with Crippen LogP contribution in [-0.4, -0.2) is 19.9 Å². The van der Waals surface area contributed by atoms with Crippen LogP contribution in [0.25, 0.3) is 0 Å². The monoisotopic (exact) mass is 208 g/mol. The van der Waals surface area contributed by atoms with Gasteiger partial charge in [0, 0.05) is 13.6 Å². The second-order valence-corrected chi connectivity index (χ2v) is 4.30. The third-order valence-electron chi connectivity index (χ3n) is 1.87. The van der Waals surface area contributed by atoms with Crippen LogP contribution in [0.2, 0.25) is 0 Å². The first-order valence-electron chi connectivity index (χ1n) is 4.33. The Morgan fingerprint density at radius 2 is 2.43 bits per heavy atom. The van der Waals surface area contributed by atoms with Crippen molar-refractivity contribution in [2.75, 3.05) is 18.5 Å². The highest BCUT2D eigenvalue weighted by atomic mass is 32.1. The van der Waals surface area contributed by atoms with E-state index in [4.69, 9.17) is 5.26 Å². The zero-order chi connectivity index (χ0) is 10.6. The molecule has 1 unspecified atom stereocenters. The molecule has 0 saturated heterocycles. The third-order valence-corrected chi connectivity index (χ3v) is 3.00. The summed E-state index contributed by atoms with van der Waals surface area (Å²) in [4.78, 5) is 13.2. The molecule has 0 fully saturated rings. The van der Waals surface area contributed by atoms with Gasteiger partial charge in [0.05, 0.1) is 21.9 Å². The maximum absolute atomic E-state index is 10.5. The van der Waals surface area contributed by atoms with E-state index in [2.05, 4.69) is 6.07 Å². The first-order chi connectivity index (χ1) is 6.67. The Kier molecular flexibility index (Phi) is 3.66. The molecule has 0 aliphatic rings. The summed E-state index contributed by atoms with van der Waals surface area (Å²) in [5.41, 5.74) is 0. The van der Waals surface area contributed by atoms with Crippen molar-refractivity contribution in [1.82, 2.24) is 0 Å². The van der Waals surface area contributed by atoms with Crippen molar-refractivity contribution < 1.29 is 4.79 Å². The van der Waals surface area contributed by atoms with Crippen molar-refractivity contribution in [1.29, 1.82) is 5.26 Å². The Morgan fingerprint density at radius 3 is 2.93 bits per heavy atom. The van der Waals surface area contributed by atoms with Gasteiger partial charge in [0.25, 0.3) is 0 Å². The molecule has 74 valence electrons. The Hall–Kier alpha value is -1.34. The summed E-state index contributed by atoms with van der Waals surface area (Å²) in [6.07, 6.45) is 0.843. The Morgan fingerprint density at radius 1 is 1.71 bits per heavy atom. The van der Waals surface area contributed by atoms with Crippen LogP contribution in [0.4, 0.5) is 5.00 Å². The lowest BCUT2D eigenvalue weighted by atomic mass is 10.2. The van der Waals surface area contributed by atoms with E-state index < -0.39 is 0 Å². The van der Waals surface area contributed by atoms with Gasteiger partial charge in [0.15, 0.2) is 6.29 Å². The van der Waals surface area contributed by atoms with Crippen molar-refractivity contribution in [2.45, 2.75) is 6.92 Å². The van der Waals surface area contributed by atoms with Gasteiger partial charge in [-0.1, -0.05) is 0 Å². The Bertz CT molecular complexity index is 353. The first kappa shape index (κ1) is 10.7. The topological polar surface area (TPSA) is 44.1 Å². The molecule has 1 aromatic heterocycles. The minimum absolute atomic E-state index is 0.00165. The predicted octanol–water partition coefficient (Wildman–Crippen LogP) is 2.16. The maximum Gasteiger partial charge on any atom is 0.160 e. The second-order valence-electron chi connectivity index (χ2n) is 3.20. The SMILES string of the molecule is CC(C#N)CN(C)c1ccc(C=O)s1. The smallest absolute Gasteiger partial charge is 0.160 e. The molecule has 0 spiro atoms. The van der Waals surface area contributed by atoms with Crippen LogP contribution in [0.3, 0.4) is 0 Å². The van der Waals surface area contributed by atoms with Gasteiger partial charge in [0.2, 0.25) is 0 Å². The van der Waals surface area contributed by atoms with Crippen LogP contribution < -0.4 is 4.90 Å². The number of aldehydes is 1. The van der Waals surface area contributed by atoms with Crippen LogP contribution in [0.5, 0.6) is 0 Å². The predicted molar refractivity (Wildman–Crippen MR) is 57.8 cm³/mol. The number of nitrogens with zero attached hydrogens (tertiary/aromatic N) is 2. The van der Waals surface area contributed by atoms with Crippen molar-refractivity contribution >= 4 is 22.6 Å². The zero-order valence-corrected chi connectivity index (χ0v) is 9.04. The largest absolute Gasteiger partial charge is 0.365 e. The summed E-state index contributed by atoms with van der Waals surface area (Å²) in [7, 11) is 1.92. The standard InChI is InChI=1S/C10H12N2OS/c1-8(5-11)6-12(2)10-4-3-9(7-13)14-10/h3-4,7-8H,6H2,1-2H3. The molecular weight excluding hydrogens is 196 g/mol. The fourth-order valence-electron chi connectivity index (χ4n) is 1.15. The highest BCUT2D eigenvalue weighted by Gasteiger charge is 2.08. The minimum Gasteiger partial charge on any atom is -0.365 e. The van der Waals surface area contributed by atoms with Gasteiger partial charge in [0.1, 0.15) is 0 Å². The van der Waals surface area contributed by atoms with E-state index in [-0.39, 0.29) is 5.92 Å². The van der Waals surface area contributed by atoms with Gasteiger partial charge in [-0.2, -0.15) is 5.26 Å². The molecular formula is C10H12N2OS. The molecule has 0 amide bonds. The van der Waals surface area contributed by atoms with E-state index in [1.807, 2.05) is 24.9 Å². The van der Waals surface area contributed by atoms with Crippen molar-refractivity contribution in [2.24, 2.45) is 5.92 Å². The van der Waals surface area contributed by atoms with Crippen molar-refractivity contribution in [3.05, 3.63) is 17.0 Å². The highest BCUT2D eigenvalue weighted by molar-refractivity contribution is 7.17. The van der Waals surface area contributed by atoms with Crippen molar-refractivity contribution in [3.63, 3.8) is 0 Å². The van der Waals surface area contributed by atoms with E-state index in [1.54, 1.807) is 6.07 Å². The lowest BCUT2D eigenvalue weighted by Gasteiger charge is -2.17. The van der Waals surface area contributed by atoms with E-state index in [1.165, 1.54) is 11.3 Å². The third kappa shape index (κ3) is 2.57. The van der Waals surface area contributed by atoms with E-state index in [0.29, 0.717) is 6.54 Å². The average Bonchev–Trinajstić information content (AvgIpc) is 2.65. The molecule has 1 heterocycles. The molecule has 1 rings (SSSR count). The summed E-state index contributed by atoms with van der Waals surface area (Å²) in [5.74, 6) is 0.00165. The summed E-state index contributed by atoms with van der Waals surface area (Å²) >= 11 is 1.44. The lowest BCUT2D eigenvalue weighted by Crippen LogP contribution is -2.22. The quantitative estimate of drug-likeness (QED) is 0.712. The van der Waals surface area contributed by atoms with Crippen LogP contribution in [0, 0.1) is 17.2 Å². The van der Waals surface area contributed by atoms with Gasteiger partial charge in [-0.25, -0.2) is 0 Å². The van der Waals surface area contributed by atoms with E-state index >= 15 is 0 Å². The minimum atomic E-state index is 0.00165. The number of hydrogen-bond acceptors (Lipinski definition) is 4. The summed E-state index contributed by atoms with van der Waals surface area (Å²) in [6.45, 7) is 2.57.